The number of carbonyl (C=O) groups excluding carboxylic acids is 1. The van der Waals surface area contributed by atoms with E-state index in [-0.39, 0.29) is 12.1 Å². The van der Waals surface area contributed by atoms with Gasteiger partial charge in [-0.15, -0.1) is 6.42 Å². The standard InChI is InChI=1S/C14H22N4O/c1-5-11(4)18-13(19)16-12(15)14(18)6-8-17(9-7-14)10(2)3/h1,10-11H,6-9H2,2-4H3,(H2,15,16,19). The molecule has 2 aliphatic rings. The van der Waals surface area contributed by atoms with Gasteiger partial charge in [0.2, 0.25) is 0 Å². The SMILES string of the molecule is C#CC(C)N1C(=O)N=C(N)C12CCN(C(C)C)CC2. The summed E-state index contributed by atoms with van der Waals surface area (Å²) >= 11 is 0. The maximum atomic E-state index is 12.0. The molecule has 1 unspecified atom stereocenters. The van der Waals surface area contributed by atoms with E-state index >= 15 is 0 Å². The van der Waals surface area contributed by atoms with E-state index in [1.807, 2.05) is 6.92 Å². The van der Waals surface area contributed by atoms with Crippen LogP contribution in [0.5, 0.6) is 0 Å². The normalized spacial score (nSPS) is 24.7. The first-order valence-electron chi connectivity index (χ1n) is 6.80. The summed E-state index contributed by atoms with van der Waals surface area (Å²) in [6.45, 7) is 8.03. The molecule has 2 aliphatic heterocycles. The quantitative estimate of drug-likeness (QED) is 0.756. The van der Waals surface area contributed by atoms with Crippen LogP contribution in [0.2, 0.25) is 0 Å². The number of piperidine rings is 1. The monoisotopic (exact) mass is 262 g/mol. The van der Waals surface area contributed by atoms with Crippen LogP contribution in [0.3, 0.4) is 0 Å². The Hall–Kier alpha value is -1.54. The molecule has 1 spiro atoms. The number of amides is 2. The highest BCUT2D eigenvalue weighted by Crippen LogP contribution is 2.35. The van der Waals surface area contributed by atoms with Crippen molar-refractivity contribution in [1.29, 1.82) is 0 Å². The zero-order chi connectivity index (χ0) is 14.2. The van der Waals surface area contributed by atoms with E-state index in [2.05, 4.69) is 29.7 Å². The first kappa shape index (κ1) is 13.9. The molecule has 19 heavy (non-hydrogen) atoms. The topological polar surface area (TPSA) is 61.9 Å². The van der Waals surface area contributed by atoms with Gasteiger partial charge in [-0.3, -0.25) is 4.90 Å². The number of hydrogen-bond acceptors (Lipinski definition) is 3. The molecule has 2 rings (SSSR count). The summed E-state index contributed by atoms with van der Waals surface area (Å²) in [4.78, 5) is 20.1. The van der Waals surface area contributed by atoms with Crippen LogP contribution in [0.25, 0.3) is 0 Å². The van der Waals surface area contributed by atoms with Gasteiger partial charge in [0, 0.05) is 19.1 Å². The Morgan fingerprint density at radius 3 is 2.42 bits per heavy atom. The third-order valence-electron chi connectivity index (χ3n) is 4.34. The van der Waals surface area contributed by atoms with Crippen LogP contribution < -0.4 is 5.73 Å². The van der Waals surface area contributed by atoms with Crippen LogP contribution >= 0.6 is 0 Å². The van der Waals surface area contributed by atoms with Gasteiger partial charge in [0.05, 0.1) is 6.04 Å². The number of amidine groups is 1. The van der Waals surface area contributed by atoms with E-state index in [1.54, 1.807) is 4.90 Å². The average Bonchev–Trinajstić information content (AvgIpc) is 2.61. The summed E-state index contributed by atoms with van der Waals surface area (Å²) < 4.78 is 0. The van der Waals surface area contributed by atoms with Gasteiger partial charge in [-0.05, 0) is 33.6 Å². The minimum Gasteiger partial charge on any atom is -0.385 e. The Kier molecular flexibility index (Phi) is 3.55. The lowest BCUT2D eigenvalue weighted by atomic mass is 9.84. The maximum Gasteiger partial charge on any atom is 0.347 e. The number of carbonyl (C=O) groups is 1. The number of rotatable bonds is 2. The Bertz CT molecular complexity index is 441. The van der Waals surface area contributed by atoms with Crippen molar-refractivity contribution < 1.29 is 4.79 Å². The maximum absolute atomic E-state index is 12.0. The third kappa shape index (κ3) is 2.10. The number of urea groups is 1. The lowest BCUT2D eigenvalue weighted by Gasteiger charge is -2.46. The summed E-state index contributed by atoms with van der Waals surface area (Å²) in [6, 6.07) is -0.0602. The minimum atomic E-state index is -0.464. The predicted octanol–water partition coefficient (Wildman–Crippen LogP) is 1.04. The van der Waals surface area contributed by atoms with Gasteiger partial charge in [-0.25, -0.2) is 4.79 Å². The molecule has 0 aliphatic carbocycles. The Balaban J connectivity index is 2.24. The van der Waals surface area contributed by atoms with Crippen LogP contribution in [0.15, 0.2) is 4.99 Å². The molecule has 2 heterocycles. The molecule has 2 amide bonds. The zero-order valence-electron chi connectivity index (χ0n) is 11.9. The number of aliphatic imine (C=N–C) groups is 1. The molecule has 0 aromatic heterocycles. The fourth-order valence-corrected chi connectivity index (χ4v) is 3.09. The van der Waals surface area contributed by atoms with Crippen molar-refractivity contribution in [3.8, 4) is 12.3 Å². The van der Waals surface area contributed by atoms with Crippen molar-refractivity contribution in [2.45, 2.75) is 51.2 Å². The molecule has 0 aromatic rings. The zero-order valence-corrected chi connectivity index (χ0v) is 11.9. The van der Waals surface area contributed by atoms with Crippen molar-refractivity contribution in [3.05, 3.63) is 0 Å². The fourth-order valence-electron chi connectivity index (χ4n) is 3.09. The van der Waals surface area contributed by atoms with Crippen LogP contribution in [0.1, 0.15) is 33.6 Å². The van der Waals surface area contributed by atoms with Crippen molar-refractivity contribution in [2.24, 2.45) is 10.7 Å². The summed E-state index contributed by atoms with van der Waals surface area (Å²) in [5.41, 5.74) is 5.58. The molecule has 5 nitrogen and oxygen atoms in total. The van der Waals surface area contributed by atoms with Crippen molar-refractivity contribution in [1.82, 2.24) is 9.80 Å². The van der Waals surface area contributed by atoms with Gasteiger partial charge in [-0.1, -0.05) is 5.92 Å². The molecule has 0 aromatic carbocycles. The van der Waals surface area contributed by atoms with Crippen molar-refractivity contribution >= 4 is 11.9 Å². The molecule has 0 saturated carbocycles. The second kappa shape index (κ2) is 4.86. The number of likely N-dealkylation sites (tertiary alicyclic amines) is 1. The Labute approximate surface area is 114 Å². The number of nitrogens with zero attached hydrogens (tertiary/aromatic N) is 3. The summed E-state index contributed by atoms with van der Waals surface area (Å²) in [6.07, 6.45) is 7.09. The fraction of sp³-hybridized carbons (Fsp3) is 0.714. The minimum absolute atomic E-state index is 0.275. The molecule has 1 fully saturated rings. The number of terminal acetylenes is 1. The summed E-state index contributed by atoms with van der Waals surface area (Å²) in [5.74, 6) is 3.06. The van der Waals surface area contributed by atoms with Crippen LogP contribution in [0.4, 0.5) is 4.79 Å². The highest BCUT2D eigenvalue weighted by Gasteiger charge is 2.51. The molecule has 0 bridgehead atoms. The molecule has 1 atom stereocenters. The molecule has 5 heteroatoms. The van der Waals surface area contributed by atoms with Gasteiger partial charge < -0.3 is 10.6 Å². The third-order valence-corrected chi connectivity index (χ3v) is 4.34. The van der Waals surface area contributed by atoms with E-state index in [0.717, 1.165) is 25.9 Å². The van der Waals surface area contributed by atoms with Gasteiger partial charge in [-0.2, -0.15) is 4.99 Å². The van der Waals surface area contributed by atoms with E-state index in [0.29, 0.717) is 11.9 Å². The van der Waals surface area contributed by atoms with Crippen molar-refractivity contribution in [3.63, 3.8) is 0 Å². The smallest absolute Gasteiger partial charge is 0.347 e. The van der Waals surface area contributed by atoms with Gasteiger partial charge in [0.1, 0.15) is 11.4 Å². The van der Waals surface area contributed by atoms with Gasteiger partial charge >= 0.3 is 6.03 Å². The molecule has 2 N–H and O–H groups in total. The Morgan fingerprint density at radius 1 is 1.37 bits per heavy atom. The highest BCUT2D eigenvalue weighted by atomic mass is 16.2. The number of hydrogen-bond donors (Lipinski definition) is 1. The second-order valence-electron chi connectivity index (χ2n) is 5.65. The van der Waals surface area contributed by atoms with Gasteiger partial charge in [0.15, 0.2) is 0 Å². The Morgan fingerprint density at radius 2 is 1.95 bits per heavy atom. The second-order valence-corrected chi connectivity index (χ2v) is 5.65. The van der Waals surface area contributed by atoms with E-state index in [4.69, 9.17) is 12.2 Å². The van der Waals surface area contributed by atoms with Crippen LogP contribution in [-0.2, 0) is 0 Å². The largest absolute Gasteiger partial charge is 0.385 e. The predicted molar refractivity (Wildman–Crippen MR) is 75.8 cm³/mol. The lowest BCUT2D eigenvalue weighted by Crippen LogP contribution is -2.62. The van der Waals surface area contributed by atoms with Crippen LogP contribution in [-0.4, -0.2) is 52.4 Å². The molecular weight excluding hydrogens is 240 g/mol. The average molecular weight is 262 g/mol. The summed E-state index contributed by atoms with van der Waals surface area (Å²) in [5, 5.41) is 0. The summed E-state index contributed by atoms with van der Waals surface area (Å²) in [7, 11) is 0. The first-order valence-corrected chi connectivity index (χ1v) is 6.80. The first-order chi connectivity index (χ1) is 8.92. The molecular formula is C14H22N4O. The lowest BCUT2D eigenvalue weighted by molar-refractivity contribution is 0.0779. The molecule has 104 valence electrons. The number of nitrogens with two attached hydrogens (primary N) is 1. The van der Waals surface area contributed by atoms with Gasteiger partial charge in [0.25, 0.3) is 0 Å². The molecule has 0 radical (unpaired) electrons. The molecule has 1 saturated heterocycles. The highest BCUT2D eigenvalue weighted by molar-refractivity contribution is 6.06. The van der Waals surface area contributed by atoms with E-state index in [1.165, 1.54) is 0 Å². The van der Waals surface area contributed by atoms with E-state index < -0.39 is 5.54 Å². The van der Waals surface area contributed by atoms with Crippen molar-refractivity contribution in [2.75, 3.05) is 13.1 Å². The van der Waals surface area contributed by atoms with Crippen LogP contribution in [0, 0.1) is 12.3 Å². The van der Waals surface area contributed by atoms with E-state index in [9.17, 15) is 4.79 Å².